The molecule has 0 spiro atoms. The second-order valence-electron chi connectivity index (χ2n) is 6.03. The van der Waals surface area contributed by atoms with Crippen LogP contribution in [0.15, 0.2) is 48.5 Å². The number of nitrogens with one attached hydrogen (secondary N) is 2. The van der Waals surface area contributed by atoms with Crippen LogP contribution in [-0.4, -0.2) is 17.9 Å². The first-order valence-corrected chi connectivity index (χ1v) is 7.81. The van der Waals surface area contributed by atoms with Crippen LogP contribution in [0.5, 0.6) is 0 Å². The second kappa shape index (κ2) is 7.73. The lowest BCUT2D eigenvalue weighted by Crippen LogP contribution is -2.47. The molecule has 1 unspecified atom stereocenters. The number of rotatable bonds is 5. The summed E-state index contributed by atoms with van der Waals surface area (Å²) in [5, 5.41) is 5.39. The molecule has 2 amide bonds. The summed E-state index contributed by atoms with van der Waals surface area (Å²) >= 11 is 0. The van der Waals surface area contributed by atoms with E-state index >= 15 is 0 Å². The molecule has 0 saturated heterocycles. The highest BCUT2D eigenvalue weighted by atomic mass is 19.1. The predicted molar refractivity (Wildman–Crippen MR) is 92.3 cm³/mol. The van der Waals surface area contributed by atoms with E-state index in [-0.39, 0.29) is 17.4 Å². The molecule has 0 radical (unpaired) electrons. The topological polar surface area (TPSA) is 58.2 Å². The zero-order chi connectivity index (χ0) is 17.7. The minimum Gasteiger partial charge on any atom is -0.340 e. The van der Waals surface area contributed by atoms with Gasteiger partial charge in [-0.3, -0.25) is 9.59 Å². The number of benzene rings is 2. The third-order valence-corrected chi connectivity index (χ3v) is 3.67. The van der Waals surface area contributed by atoms with Crippen LogP contribution in [0.4, 0.5) is 10.1 Å². The number of hydrogen-bond donors (Lipinski definition) is 2. The molecule has 0 aromatic heterocycles. The van der Waals surface area contributed by atoms with Gasteiger partial charge in [-0.05, 0) is 37.1 Å². The maximum Gasteiger partial charge on any atom is 0.254 e. The third kappa shape index (κ3) is 4.41. The van der Waals surface area contributed by atoms with Gasteiger partial charge in [0.15, 0.2) is 0 Å². The zero-order valence-electron chi connectivity index (χ0n) is 14.0. The molecule has 0 saturated carbocycles. The lowest BCUT2D eigenvalue weighted by Gasteiger charge is -2.22. The number of aryl methyl sites for hydroxylation is 1. The number of hydrogen-bond acceptors (Lipinski definition) is 2. The Hall–Kier alpha value is -2.69. The lowest BCUT2D eigenvalue weighted by molar-refractivity contribution is -0.118. The Kier molecular flexibility index (Phi) is 5.68. The van der Waals surface area contributed by atoms with Crippen LogP contribution in [0.1, 0.15) is 29.8 Å². The van der Waals surface area contributed by atoms with E-state index in [1.165, 1.54) is 18.2 Å². The summed E-state index contributed by atoms with van der Waals surface area (Å²) < 4.78 is 13.7. The van der Waals surface area contributed by atoms with Crippen molar-refractivity contribution in [2.45, 2.75) is 26.8 Å². The second-order valence-corrected chi connectivity index (χ2v) is 6.03. The first-order valence-electron chi connectivity index (χ1n) is 7.81. The van der Waals surface area contributed by atoms with Crippen molar-refractivity contribution >= 4 is 17.5 Å². The van der Waals surface area contributed by atoms with Gasteiger partial charge in [-0.2, -0.15) is 0 Å². The Morgan fingerprint density at radius 2 is 1.62 bits per heavy atom. The molecule has 2 N–H and O–H groups in total. The van der Waals surface area contributed by atoms with Crippen molar-refractivity contribution in [3.8, 4) is 0 Å². The smallest absolute Gasteiger partial charge is 0.254 e. The molecule has 5 heteroatoms. The lowest BCUT2D eigenvalue weighted by atomic mass is 10.0. The van der Waals surface area contributed by atoms with Gasteiger partial charge in [0.1, 0.15) is 11.9 Å². The van der Waals surface area contributed by atoms with Crippen molar-refractivity contribution in [2.24, 2.45) is 5.92 Å². The molecule has 1 atom stereocenters. The van der Waals surface area contributed by atoms with E-state index in [1.54, 1.807) is 18.2 Å². The molecule has 126 valence electrons. The predicted octanol–water partition coefficient (Wildman–Crippen LogP) is 3.53. The Labute approximate surface area is 141 Å². The summed E-state index contributed by atoms with van der Waals surface area (Å²) in [6, 6.07) is 12.3. The standard InChI is InChI=1S/C19H21FN2O2/c1-12(2)17(19(24)21-14-10-8-13(3)9-11-14)22-18(23)15-6-4-5-7-16(15)20/h4-12,17H,1-3H3,(H,21,24)(H,22,23). The van der Waals surface area contributed by atoms with Crippen LogP contribution in [0.2, 0.25) is 0 Å². The van der Waals surface area contributed by atoms with Crippen LogP contribution >= 0.6 is 0 Å². The van der Waals surface area contributed by atoms with Gasteiger partial charge in [-0.15, -0.1) is 0 Å². The highest BCUT2D eigenvalue weighted by Gasteiger charge is 2.25. The molecule has 0 fully saturated rings. The third-order valence-electron chi connectivity index (χ3n) is 3.67. The van der Waals surface area contributed by atoms with Gasteiger partial charge in [0.25, 0.3) is 5.91 Å². The van der Waals surface area contributed by atoms with Crippen molar-refractivity contribution in [2.75, 3.05) is 5.32 Å². The van der Waals surface area contributed by atoms with Gasteiger partial charge in [0.2, 0.25) is 5.91 Å². The van der Waals surface area contributed by atoms with Gasteiger partial charge in [0, 0.05) is 5.69 Å². The highest BCUT2D eigenvalue weighted by molar-refractivity contribution is 6.01. The zero-order valence-corrected chi connectivity index (χ0v) is 14.0. The van der Waals surface area contributed by atoms with E-state index in [1.807, 2.05) is 32.9 Å². The first kappa shape index (κ1) is 17.7. The Morgan fingerprint density at radius 3 is 2.21 bits per heavy atom. The fourth-order valence-electron chi connectivity index (χ4n) is 2.26. The molecule has 2 aromatic rings. The number of halogens is 1. The Bertz CT molecular complexity index is 726. The van der Waals surface area contributed by atoms with Crippen molar-refractivity contribution in [3.05, 3.63) is 65.5 Å². The van der Waals surface area contributed by atoms with Crippen LogP contribution in [-0.2, 0) is 4.79 Å². The normalized spacial score (nSPS) is 11.9. The maximum atomic E-state index is 13.7. The van der Waals surface area contributed by atoms with Crippen molar-refractivity contribution in [1.29, 1.82) is 0 Å². The van der Waals surface area contributed by atoms with Gasteiger partial charge >= 0.3 is 0 Å². The molecule has 0 aliphatic rings. The highest BCUT2D eigenvalue weighted by Crippen LogP contribution is 2.13. The molecule has 0 aliphatic heterocycles. The minimum atomic E-state index is -0.765. The quantitative estimate of drug-likeness (QED) is 0.882. The molecule has 2 rings (SSSR count). The van der Waals surface area contributed by atoms with Crippen molar-refractivity contribution in [3.63, 3.8) is 0 Å². The molecule has 0 bridgehead atoms. The van der Waals surface area contributed by atoms with Crippen LogP contribution in [0.3, 0.4) is 0 Å². The largest absolute Gasteiger partial charge is 0.340 e. The Balaban J connectivity index is 2.11. The van der Waals surface area contributed by atoms with E-state index < -0.39 is 17.8 Å². The molecule has 24 heavy (non-hydrogen) atoms. The minimum absolute atomic E-state index is 0.0775. The van der Waals surface area contributed by atoms with E-state index in [0.717, 1.165) is 5.56 Å². The SMILES string of the molecule is Cc1ccc(NC(=O)C(NC(=O)c2ccccc2F)C(C)C)cc1. The maximum absolute atomic E-state index is 13.7. The van der Waals surface area contributed by atoms with E-state index in [0.29, 0.717) is 5.69 Å². The average molecular weight is 328 g/mol. The summed E-state index contributed by atoms with van der Waals surface area (Å²) in [6.45, 7) is 5.60. The molecule has 4 nitrogen and oxygen atoms in total. The molecule has 0 aliphatic carbocycles. The number of anilines is 1. The van der Waals surface area contributed by atoms with E-state index in [4.69, 9.17) is 0 Å². The number of carbonyl (C=O) groups excluding carboxylic acids is 2. The van der Waals surface area contributed by atoms with Crippen LogP contribution < -0.4 is 10.6 Å². The van der Waals surface area contributed by atoms with Gasteiger partial charge in [-0.25, -0.2) is 4.39 Å². The van der Waals surface area contributed by atoms with Crippen molar-refractivity contribution in [1.82, 2.24) is 5.32 Å². The van der Waals surface area contributed by atoms with Gasteiger partial charge in [0.05, 0.1) is 5.56 Å². The summed E-state index contributed by atoms with van der Waals surface area (Å²) in [4.78, 5) is 24.7. The number of carbonyl (C=O) groups is 2. The summed E-state index contributed by atoms with van der Waals surface area (Å²) in [6.07, 6.45) is 0. The summed E-state index contributed by atoms with van der Waals surface area (Å²) in [5.74, 6) is -1.70. The molecule has 2 aromatic carbocycles. The van der Waals surface area contributed by atoms with E-state index in [9.17, 15) is 14.0 Å². The average Bonchev–Trinajstić information content (AvgIpc) is 2.54. The molecular weight excluding hydrogens is 307 g/mol. The van der Waals surface area contributed by atoms with Gasteiger partial charge < -0.3 is 10.6 Å². The number of amides is 2. The monoisotopic (exact) mass is 328 g/mol. The molecule has 0 heterocycles. The van der Waals surface area contributed by atoms with Crippen LogP contribution in [0, 0.1) is 18.7 Å². The van der Waals surface area contributed by atoms with Gasteiger partial charge in [-0.1, -0.05) is 43.7 Å². The first-order chi connectivity index (χ1) is 11.4. The fourth-order valence-corrected chi connectivity index (χ4v) is 2.26. The summed E-state index contributed by atoms with van der Waals surface area (Å²) in [7, 11) is 0. The van der Waals surface area contributed by atoms with Crippen LogP contribution in [0.25, 0.3) is 0 Å². The fraction of sp³-hybridized carbons (Fsp3) is 0.263. The van der Waals surface area contributed by atoms with Crippen molar-refractivity contribution < 1.29 is 14.0 Å². The summed E-state index contributed by atoms with van der Waals surface area (Å²) in [5.41, 5.74) is 1.66. The Morgan fingerprint density at radius 1 is 1.00 bits per heavy atom. The van der Waals surface area contributed by atoms with E-state index in [2.05, 4.69) is 10.6 Å². The molecular formula is C19H21FN2O2.